The van der Waals surface area contributed by atoms with E-state index in [1.807, 2.05) is 25.5 Å². The van der Waals surface area contributed by atoms with Crippen molar-refractivity contribution in [3.8, 4) is 0 Å². The van der Waals surface area contributed by atoms with Gasteiger partial charge in [0.15, 0.2) is 5.03 Å². The van der Waals surface area contributed by atoms with E-state index in [1.54, 1.807) is 11.9 Å². The minimum absolute atomic E-state index is 0.0126. The molecule has 12 heteroatoms. The highest BCUT2D eigenvalue weighted by atomic mass is 32.2. The van der Waals surface area contributed by atoms with Crippen molar-refractivity contribution >= 4 is 39.4 Å². The molecule has 3 amide bonds. The van der Waals surface area contributed by atoms with Crippen molar-refractivity contribution in [1.29, 1.82) is 0 Å². The number of aromatic nitrogens is 2. The van der Waals surface area contributed by atoms with Crippen LogP contribution >= 0.6 is 0 Å². The maximum Gasteiger partial charge on any atom is 0.325 e. The lowest BCUT2D eigenvalue weighted by Gasteiger charge is -2.27. The van der Waals surface area contributed by atoms with Gasteiger partial charge in [0, 0.05) is 25.7 Å². The second-order valence-corrected chi connectivity index (χ2v) is 9.75. The number of rotatable bonds is 7. The number of carbonyl (C=O) groups excluding carboxylic acids is 2. The molecule has 1 aliphatic heterocycles. The Morgan fingerprint density at radius 1 is 1.19 bits per heavy atom. The van der Waals surface area contributed by atoms with E-state index in [0.717, 1.165) is 0 Å². The lowest BCUT2D eigenvalue weighted by atomic mass is 10.0. The van der Waals surface area contributed by atoms with Crippen molar-refractivity contribution in [2.45, 2.75) is 37.8 Å². The number of pyridine rings is 2. The Balaban J connectivity index is 1.97. The van der Waals surface area contributed by atoms with Gasteiger partial charge in [0.2, 0.25) is 0 Å². The molecule has 2 aromatic heterocycles. The average Bonchev–Trinajstić information content (AvgIpc) is 3.06. The van der Waals surface area contributed by atoms with Gasteiger partial charge in [-0.1, -0.05) is 13.0 Å². The summed E-state index contributed by atoms with van der Waals surface area (Å²) in [6.45, 7) is 6.82. The second kappa shape index (κ2) is 8.61. The highest BCUT2D eigenvalue weighted by Gasteiger charge is 2.30. The number of hydrogen-bond donors (Lipinski definition) is 3. The molecule has 32 heavy (non-hydrogen) atoms. The van der Waals surface area contributed by atoms with E-state index in [1.165, 1.54) is 35.2 Å². The minimum Gasteiger partial charge on any atom is -0.384 e. The molecule has 11 nitrogen and oxygen atoms in total. The molecule has 2 aromatic rings. The molecule has 3 rings (SSSR count). The Hall–Kier alpha value is -3.41. The van der Waals surface area contributed by atoms with Crippen LogP contribution in [-0.4, -0.2) is 60.9 Å². The third kappa shape index (κ3) is 4.90. The summed E-state index contributed by atoms with van der Waals surface area (Å²) < 4.78 is 27.3. The number of hydrogen-bond acceptors (Lipinski definition) is 8. The summed E-state index contributed by atoms with van der Waals surface area (Å²) in [6.07, 6.45) is 0.705. The standard InChI is InChI=1S/C20H27N7O4S/c1-5-20(2,3)24-17-13(9-10-15(23-17)27-12-11-26(4)19(27)29)18(28)25-32(30,31)16-8-6-7-14(21)22-16/h6-10H,5,11-12H2,1-4H3,(H2,21,22)(H,23,24)(H,25,28). The molecule has 0 radical (unpaired) electrons. The molecule has 0 unspecified atom stereocenters. The third-order valence-electron chi connectivity index (χ3n) is 5.21. The van der Waals surface area contributed by atoms with Crippen LogP contribution in [0.1, 0.15) is 37.6 Å². The molecule has 172 valence electrons. The molecule has 0 aromatic carbocycles. The predicted molar refractivity (Wildman–Crippen MR) is 121 cm³/mol. The maximum atomic E-state index is 12.9. The number of urea groups is 1. The van der Waals surface area contributed by atoms with Crippen LogP contribution in [0.2, 0.25) is 0 Å². The Kier molecular flexibility index (Phi) is 6.26. The Morgan fingerprint density at radius 3 is 2.50 bits per heavy atom. The molecule has 0 saturated carbocycles. The zero-order valence-electron chi connectivity index (χ0n) is 18.4. The molecule has 0 bridgehead atoms. The molecule has 0 spiro atoms. The lowest BCUT2D eigenvalue weighted by Crippen LogP contribution is -2.35. The topological polar surface area (TPSA) is 151 Å². The van der Waals surface area contributed by atoms with Crippen LogP contribution in [0.3, 0.4) is 0 Å². The van der Waals surface area contributed by atoms with Crippen LogP contribution < -0.4 is 20.7 Å². The Bertz CT molecular complexity index is 1150. The van der Waals surface area contributed by atoms with Crippen LogP contribution in [0.25, 0.3) is 0 Å². The van der Waals surface area contributed by atoms with E-state index < -0.39 is 21.5 Å². The fourth-order valence-corrected chi connectivity index (χ4v) is 3.90. The fraction of sp³-hybridized carbons (Fsp3) is 0.400. The quantitative estimate of drug-likeness (QED) is 0.563. The van der Waals surface area contributed by atoms with Gasteiger partial charge in [-0.3, -0.25) is 9.69 Å². The summed E-state index contributed by atoms with van der Waals surface area (Å²) in [6, 6.07) is 6.86. The first kappa shape index (κ1) is 23.3. The van der Waals surface area contributed by atoms with Gasteiger partial charge in [0.05, 0.1) is 5.56 Å². The lowest BCUT2D eigenvalue weighted by molar-refractivity contribution is 0.0981. The monoisotopic (exact) mass is 461 g/mol. The van der Waals surface area contributed by atoms with Crippen LogP contribution in [0.15, 0.2) is 35.4 Å². The van der Waals surface area contributed by atoms with Gasteiger partial charge in [0.25, 0.3) is 15.9 Å². The number of nitrogens with two attached hydrogens (primary N) is 1. The van der Waals surface area contributed by atoms with Gasteiger partial charge in [-0.25, -0.2) is 19.5 Å². The first-order valence-corrected chi connectivity index (χ1v) is 11.5. The van der Waals surface area contributed by atoms with Crippen LogP contribution in [-0.2, 0) is 10.0 Å². The summed E-state index contributed by atoms with van der Waals surface area (Å²) in [4.78, 5) is 36.6. The Labute approximate surface area is 187 Å². The number of likely N-dealkylation sites (N-methyl/N-ethyl adjacent to an activating group) is 1. The number of amides is 3. The van der Waals surface area contributed by atoms with Crippen molar-refractivity contribution in [2.24, 2.45) is 0 Å². The van der Waals surface area contributed by atoms with E-state index in [2.05, 4.69) is 15.3 Å². The van der Waals surface area contributed by atoms with Gasteiger partial charge in [-0.2, -0.15) is 8.42 Å². The molecule has 1 fully saturated rings. The van der Waals surface area contributed by atoms with E-state index in [-0.39, 0.29) is 28.3 Å². The highest BCUT2D eigenvalue weighted by Crippen LogP contribution is 2.26. The molecule has 0 aliphatic carbocycles. The van der Waals surface area contributed by atoms with Crippen LogP contribution in [0.4, 0.5) is 22.2 Å². The van der Waals surface area contributed by atoms with Gasteiger partial charge in [-0.05, 0) is 44.5 Å². The number of carbonyl (C=O) groups is 2. The normalized spacial score (nSPS) is 14.6. The molecule has 4 N–H and O–H groups in total. The highest BCUT2D eigenvalue weighted by molar-refractivity contribution is 7.90. The zero-order chi connectivity index (χ0) is 23.7. The first-order chi connectivity index (χ1) is 14.9. The van der Waals surface area contributed by atoms with Gasteiger partial charge in [-0.15, -0.1) is 0 Å². The van der Waals surface area contributed by atoms with Crippen molar-refractivity contribution < 1.29 is 18.0 Å². The van der Waals surface area contributed by atoms with E-state index in [4.69, 9.17) is 5.73 Å². The summed E-state index contributed by atoms with van der Waals surface area (Å²) in [5, 5.41) is 2.82. The molecular formula is C20H27N7O4S. The first-order valence-electron chi connectivity index (χ1n) is 10.0. The predicted octanol–water partition coefficient (Wildman–Crippen LogP) is 1.65. The number of nitrogens with one attached hydrogen (secondary N) is 2. The average molecular weight is 462 g/mol. The molecular weight excluding hydrogens is 434 g/mol. The molecule has 1 saturated heterocycles. The number of nitrogens with zero attached hydrogens (tertiary/aromatic N) is 4. The fourth-order valence-electron chi connectivity index (χ4n) is 2.96. The summed E-state index contributed by atoms with van der Waals surface area (Å²) in [5.74, 6) is -0.332. The zero-order valence-corrected chi connectivity index (χ0v) is 19.2. The molecule has 0 atom stereocenters. The van der Waals surface area contributed by atoms with Crippen LogP contribution in [0, 0.1) is 0 Å². The smallest absolute Gasteiger partial charge is 0.325 e. The molecule has 1 aliphatic rings. The largest absolute Gasteiger partial charge is 0.384 e. The third-order valence-corrected chi connectivity index (χ3v) is 6.44. The summed E-state index contributed by atoms with van der Waals surface area (Å²) >= 11 is 0. The Morgan fingerprint density at radius 2 is 1.91 bits per heavy atom. The van der Waals surface area contributed by atoms with Gasteiger partial charge < -0.3 is 16.0 Å². The molecule has 3 heterocycles. The SMILES string of the molecule is CCC(C)(C)Nc1nc(N2CCN(C)C2=O)ccc1C(=O)NS(=O)(=O)c1cccc(N)n1. The van der Waals surface area contributed by atoms with Gasteiger partial charge >= 0.3 is 6.03 Å². The van der Waals surface area contributed by atoms with Crippen molar-refractivity contribution in [3.63, 3.8) is 0 Å². The number of sulfonamides is 1. The van der Waals surface area contributed by atoms with Crippen molar-refractivity contribution in [2.75, 3.05) is 36.1 Å². The van der Waals surface area contributed by atoms with Crippen molar-refractivity contribution in [3.05, 3.63) is 35.9 Å². The second-order valence-electron chi connectivity index (χ2n) is 8.12. The minimum atomic E-state index is -4.26. The van der Waals surface area contributed by atoms with E-state index >= 15 is 0 Å². The number of nitrogen functional groups attached to an aromatic ring is 1. The maximum absolute atomic E-state index is 12.9. The summed E-state index contributed by atoms with van der Waals surface area (Å²) in [5.41, 5.74) is 5.13. The van der Waals surface area contributed by atoms with Crippen LogP contribution in [0.5, 0.6) is 0 Å². The van der Waals surface area contributed by atoms with E-state index in [0.29, 0.717) is 25.3 Å². The number of anilines is 3. The summed E-state index contributed by atoms with van der Waals surface area (Å²) in [7, 11) is -2.56. The van der Waals surface area contributed by atoms with Crippen molar-refractivity contribution in [1.82, 2.24) is 19.6 Å². The van der Waals surface area contributed by atoms with Gasteiger partial charge in [0.1, 0.15) is 17.5 Å². The van der Waals surface area contributed by atoms with E-state index in [9.17, 15) is 18.0 Å².